The van der Waals surface area contributed by atoms with E-state index in [1.54, 1.807) is 18.2 Å². The molecule has 5 nitrogen and oxygen atoms in total. The van der Waals surface area contributed by atoms with Crippen molar-refractivity contribution in [3.63, 3.8) is 0 Å². The summed E-state index contributed by atoms with van der Waals surface area (Å²) in [5.41, 5.74) is 0.756. The third-order valence-electron chi connectivity index (χ3n) is 3.97. The molecule has 0 saturated heterocycles. The van der Waals surface area contributed by atoms with Crippen LogP contribution in [-0.2, 0) is 6.54 Å². The average Bonchev–Trinajstić information content (AvgIpc) is 2.61. The van der Waals surface area contributed by atoms with E-state index >= 15 is 0 Å². The molecular weight excluding hydrogens is 371 g/mol. The highest BCUT2D eigenvalue weighted by Gasteiger charge is 2.28. The summed E-state index contributed by atoms with van der Waals surface area (Å²) in [5.74, 6) is 1.68. The lowest BCUT2D eigenvalue weighted by atomic mass is 9.94. The lowest BCUT2D eigenvalue weighted by molar-refractivity contribution is -0.153. The topological polar surface area (TPSA) is 65.9 Å². The molecule has 28 heavy (non-hydrogen) atoms. The summed E-state index contributed by atoms with van der Waals surface area (Å²) >= 11 is 0. The molecule has 0 aliphatic rings. The van der Waals surface area contributed by atoms with Crippen LogP contribution in [0.4, 0.5) is 13.2 Å². The summed E-state index contributed by atoms with van der Waals surface area (Å²) in [6.07, 6.45) is -2.63. The number of aliphatic hydroxyl groups excluding tert-OH is 1. The van der Waals surface area contributed by atoms with Crippen molar-refractivity contribution in [1.82, 2.24) is 10.6 Å². The average molecular weight is 403 g/mol. The number of benzene rings is 1. The van der Waals surface area contributed by atoms with Crippen molar-refractivity contribution in [2.75, 3.05) is 26.3 Å². The standard InChI is InChI=1S/C20H32F3N3O2/c1-4-24-19(26-13-17(8-9-27)10-15(2)3)25-12-16-6-5-7-18(11-16)28-14-20(21,22)23/h5-7,11,15,17,27H,4,8-10,12-14H2,1-3H3,(H2,24,25,26). The maximum Gasteiger partial charge on any atom is 0.422 e. The number of aliphatic hydroxyl groups is 1. The first-order valence-corrected chi connectivity index (χ1v) is 9.65. The number of ether oxygens (including phenoxy) is 1. The number of alkyl halides is 3. The predicted octanol–water partition coefficient (Wildman–Crippen LogP) is 3.73. The first kappa shape index (κ1) is 24.1. The van der Waals surface area contributed by atoms with Gasteiger partial charge in [-0.05, 0) is 49.3 Å². The Morgan fingerprint density at radius 3 is 2.61 bits per heavy atom. The molecule has 8 heteroatoms. The van der Waals surface area contributed by atoms with Crippen molar-refractivity contribution in [3.05, 3.63) is 29.8 Å². The van der Waals surface area contributed by atoms with Gasteiger partial charge in [-0.1, -0.05) is 26.0 Å². The molecule has 0 amide bonds. The molecule has 0 bridgehead atoms. The van der Waals surface area contributed by atoms with Crippen LogP contribution < -0.4 is 15.4 Å². The highest BCUT2D eigenvalue weighted by molar-refractivity contribution is 5.79. The largest absolute Gasteiger partial charge is 0.484 e. The zero-order valence-corrected chi connectivity index (χ0v) is 16.9. The zero-order valence-electron chi connectivity index (χ0n) is 16.9. The van der Waals surface area contributed by atoms with Gasteiger partial charge in [-0.2, -0.15) is 13.2 Å². The van der Waals surface area contributed by atoms with Gasteiger partial charge in [0.25, 0.3) is 0 Å². The number of guanidine groups is 1. The Balaban J connectivity index is 2.68. The van der Waals surface area contributed by atoms with Crippen LogP contribution >= 0.6 is 0 Å². The van der Waals surface area contributed by atoms with E-state index in [-0.39, 0.29) is 12.4 Å². The van der Waals surface area contributed by atoms with Crippen molar-refractivity contribution in [2.45, 2.75) is 46.3 Å². The van der Waals surface area contributed by atoms with Gasteiger partial charge in [-0.3, -0.25) is 0 Å². The van der Waals surface area contributed by atoms with Crippen LogP contribution in [0.5, 0.6) is 5.75 Å². The monoisotopic (exact) mass is 403 g/mol. The molecule has 1 aromatic carbocycles. The summed E-state index contributed by atoms with van der Waals surface area (Å²) in [4.78, 5) is 4.50. The van der Waals surface area contributed by atoms with Gasteiger partial charge >= 0.3 is 6.18 Å². The van der Waals surface area contributed by atoms with Gasteiger partial charge in [0.2, 0.25) is 0 Å². The zero-order chi connectivity index (χ0) is 21.0. The molecule has 0 radical (unpaired) electrons. The van der Waals surface area contributed by atoms with Crippen LogP contribution in [0.1, 0.15) is 39.2 Å². The van der Waals surface area contributed by atoms with E-state index in [4.69, 9.17) is 4.74 Å². The lowest BCUT2D eigenvalue weighted by Gasteiger charge is -2.20. The summed E-state index contributed by atoms with van der Waals surface area (Å²) in [6, 6.07) is 6.50. The highest BCUT2D eigenvalue weighted by Crippen LogP contribution is 2.19. The summed E-state index contributed by atoms with van der Waals surface area (Å²) in [7, 11) is 0. The van der Waals surface area contributed by atoms with E-state index in [9.17, 15) is 18.3 Å². The van der Waals surface area contributed by atoms with E-state index in [0.717, 1.165) is 18.4 Å². The molecule has 1 aromatic rings. The van der Waals surface area contributed by atoms with Crippen molar-refractivity contribution in [2.24, 2.45) is 16.8 Å². The number of rotatable bonds is 11. The summed E-state index contributed by atoms with van der Waals surface area (Å²) in [6.45, 7) is 6.79. The minimum atomic E-state index is -4.36. The lowest BCUT2D eigenvalue weighted by Crippen LogP contribution is -2.40. The van der Waals surface area contributed by atoms with Gasteiger partial charge in [-0.15, -0.1) is 0 Å². The van der Waals surface area contributed by atoms with Gasteiger partial charge in [0, 0.05) is 19.7 Å². The molecule has 0 fully saturated rings. The van der Waals surface area contributed by atoms with Crippen molar-refractivity contribution >= 4 is 5.96 Å². The van der Waals surface area contributed by atoms with Crippen molar-refractivity contribution < 1.29 is 23.0 Å². The van der Waals surface area contributed by atoms with E-state index in [1.807, 2.05) is 6.92 Å². The number of hydrogen-bond acceptors (Lipinski definition) is 3. The molecule has 1 unspecified atom stereocenters. The van der Waals surface area contributed by atoms with E-state index in [2.05, 4.69) is 29.5 Å². The van der Waals surface area contributed by atoms with E-state index in [1.165, 1.54) is 6.07 Å². The molecule has 3 N–H and O–H groups in total. The Morgan fingerprint density at radius 2 is 2.00 bits per heavy atom. The molecule has 0 saturated carbocycles. The molecule has 1 atom stereocenters. The Kier molecular flexibility index (Phi) is 10.7. The molecule has 0 spiro atoms. The Bertz CT molecular complexity index is 592. The summed E-state index contributed by atoms with van der Waals surface area (Å²) < 4.78 is 41.6. The Morgan fingerprint density at radius 1 is 1.25 bits per heavy atom. The molecule has 1 rings (SSSR count). The van der Waals surface area contributed by atoms with Gasteiger partial charge in [0.1, 0.15) is 5.75 Å². The molecule has 0 aromatic heterocycles. The Labute approximate surface area is 165 Å². The van der Waals surface area contributed by atoms with Gasteiger partial charge in [0.05, 0.1) is 6.54 Å². The second kappa shape index (κ2) is 12.5. The fourth-order valence-corrected chi connectivity index (χ4v) is 2.80. The number of aliphatic imine (C=N–C) groups is 1. The first-order valence-electron chi connectivity index (χ1n) is 9.65. The fourth-order valence-electron chi connectivity index (χ4n) is 2.80. The van der Waals surface area contributed by atoms with E-state index in [0.29, 0.717) is 37.4 Å². The van der Waals surface area contributed by atoms with Crippen LogP contribution in [0.25, 0.3) is 0 Å². The van der Waals surface area contributed by atoms with Gasteiger partial charge in [-0.25, -0.2) is 4.99 Å². The minimum absolute atomic E-state index is 0.150. The highest BCUT2D eigenvalue weighted by atomic mass is 19.4. The van der Waals surface area contributed by atoms with Crippen LogP contribution in [0.15, 0.2) is 29.3 Å². The SMILES string of the molecule is CCNC(=NCc1cccc(OCC(F)(F)F)c1)NCC(CCO)CC(C)C. The minimum Gasteiger partial charge on any atom is -0.484 e. The normalized spacial score (nSPS) is 13.5. The van der Waals surface area contributed by atoms with Crippen LogP contribution in [-0.4, -0.2) is 43.5 Å². The fraction of sp³-hybridized carbons (Fsp3) is 0.650. The quantitative estimate of drug-likeness (QED) is 0.389. The number of hydrogen-bond donors (Lipinski definition) is 3. The van der Waals surface area contributed by atoms with E-state index < -0.39 is 12.8 Å². The second-order valence-electron chi connectivity index (χ2n) is 7.14. The molecule has 160 valence electrons. The first-order chi connectivity index (χ1) is 13.2. The van der Waals surface area contributed by atoms with Gasteiger partial charge < -0.3 is 20.5 Å². The smallest absolute Gasteiger partial charge is 0.422 e. The number of nitrogens with zero attached hydrogens (tertiary/aromatic N) is 1. The predicted molar refractivity (Wildman–Crippen MR) is 105 cm³/mol. The maximum atomic E-state index is 12.3. The maximum absolute atomic E-state index is 12.3. The summed E-state index contributed by atoms with van der Waals surface area (Å²) in [5, 5.41) is 15.7. The van der Waals surface area contributed by atoms with Gasteiger partial charge in [0.15, 0.2) is 12.6 Å². The second-order valence-corrected chi connectivity index (χ2v) is 7.14. The molecule has 0 aliphatic carbocycles. The van der Waals surface area contributed by atoms with Crippen LogP contribution in [0, 0.1) is 11.8 Å². The molecule has 0 aliphatic heterocycles. The Hall–Kier alpha value is -1.96. The third kappa shape index (κ3) is 11.0. The van der Waals surface area contributed by atoms with Crippen molar-refractivity contribution in [3.8, 4) is 5.75 Å². The van der Waals surface area contributed by atoms with Crippen LogP contribution in [0.2, 0.25) is 0 Å². The third-order valence-corrected chi connectivity index (χ3v) is 3.97. The van der Waals surface area contributed by atoms with Crippen LogP contribution in [0.3, 0.4) is 0 Å². The molecule has 0 heterocycles. The van der Waals surface area contributed by atoms with Crippen molar-refractivity contribution in [1.29, 1.82) is 0 Å². The molecular formula is C20H32F3N3O2. The number of halogens is 3. The number of nitrogens with one attached hydrogen (secondary N) is 2.